The number of halogens is 2. The predicted molar refractivity (Wildman–Crippen MR) is 72.5 cm³/mol. The SMILES string of the molecule is CC(NC(=O)C(C)(C)CN)c1ccccc1OC(F)F. The molecule has 1 amide bonds. The van der Waals surface area contributed by atoms with Crippen LogP contribution in [-0.4, -0.2) is 19.1 Å². The number of nitrogens with one attached hydrogen (secondary N) is 1. The Labute approximate surface area is 117 Å². The van der Waals surface area contributed by atoms with Gasteiger partial charge in [0.05, 0.1) is 11.5 Å². The molecule has 0 fully saturated rings. The summed E-state index contributed by atoms with van der Waals surface area (Å²) in [5.41, 5.74) is 5.31. The summed E-state index contributed by atoms with van der Waals surface area (Å²) in [6.45, 7) is 2.44. The lowest BCUT2D eigenvalue weighted by atomic mass is 9.92. The van der Waals surface area contributed by atoms with E-state index in [1.165, 1.54) is 6.07 Å². The average Bonchev–Trinajstić information content (AvgIpc) is 2.38. The molecule has 0 aliphatic carbocycles. The van der Waals surface area contributed by atoms with Gasteiger partial charge < -0.3 is 15.8 Å². The summed E-state index contributed by atoms with van der Waals surface area (Å²) in [5, 5.41) is 2.76. The minimum atomic E-state index is -2.90. The molecule has 6 heteroatoms. The van der Waals surface area contributed by atoms with Crippen molar-refractivity contribution in [2.75, 3.05) is 6.54 Å². The van der Waals surface area contributed by atoms with Crippen molar-refractivity contribution in [1.29, 1.82) is 0 Å². The molecule has 4 nitrogen and oxygen atoms in total. The lowest BCUT2D eigenvalue weighted by molar-refractivity contribution is -0.129. The molecule has 0 saturated carbocycles. The molecule has 1 aromatic carbocycles. The highest BCUT2D eigenvalue weighted by molar-refractivity contribution is 5.82. The molecule has 0 spiro atoms. The Balaban J connectivity index is 2.87. The van der Waals surface area contributed by atoms with E-state index in [9.17, 15) is 13.6 Å². The van der Waals surface area contributed by atoms with Gasteiger partial charge >= 0.3 is 6.61 Å². The molecule has 3 N–H and O–H groups in total. The summed E-state index contributed by atoms with van der Waals surface area (Å²) in [7, 11) is 0. The van der Waals surface area contributed by atoms with Gasteiger partial charge in [-0.25, -0.2) is 0 Å². The van der Waals surface area contributed by atoms with Crippen LogP contribution in [0.4, 0.5) is 8.78 Å². The van der Waals surface area contributed by atoms with Gasteiger partial charge in [-0.1, -0.05) is 18.2 Å². The van der Waals surface area contributed by atoms with Crippen molar-refractivity contribution in [3.8, 4) is 5.75 Å². The molecular formula is C14H20F2N2O2. The summed E-state index contributed by atoms with van der Waals surface area (Å²) < 4.78 is 29.1. The van der Waals surface area contributed by atoms with Gasteiger partial charge in [0.1, 0.15) is 5.75 Å². The third-order valence-electron chi connectivity index (χ3n) is 3.07. The molecule has 112 valence electrons. The average molecular weight is 286 g/mol. The zero-order valence-electron chi connectivity index (χ0n) is 11.8. The summed E-state index contributed by atoms with van der Waals surface area (Å²) >= 11 is 0. The monoisotopic (exact) mass is 286 g/mol. The highest BCUT2D eigenvalue weighted by atomic mass is 19.3. The fourth-order valence-electron chi connectivity index (χ4n) is 1.60. The first-order valence-corrected chi connectivity index (χ1v) is 6.32. The van der Waals surface area contributed by atoms with Crippen molar-refractivity contribution in [1.82, 2.24) is 5.32 Å². The van der Waals surface area contributed by atoms with Crippen molar-refractivity contribution >= 4 is 5.91 Å². The number of hydrogen-bond acceptors (Lipinski definition) is 3. The van der Waals surface area contributed by atoms with Gasteiger partial charge in [0, 0.05) is 12.1 Å². The number of para-hydroxylation sites is 1. The van der Waals surface area contributed by atoms with Crippen molar-refractivity contribution < 1.29 is 18.3 Å². The zero-order chi connectivity index (χ0) is 15.3. The van der Waals surface area contributed by atoms with Crippen molar-refractivity contribution in [2.24, 2.45) is 11.1 Å². The maximum atomic E-state index is 12.3. The van der Waals surface area contributed by atoms with Gasteiger partial charge in [-0.15, -0.1) is 0 Å². The number of rotatable bonds is 6. The van der Waals surface area contributed by atoms with E-state index in [0.29, 0.717) is 5.56 Å². The molecule has 1 atom stereocenters. The topological polar surface area (TPSA) is 64.4 Å². The Kier molecular flexibility index (Phi) is 5.44. The largest absolute Gasteiger partial charge is 0.434 e. The molecule has 0 bridgehead atoms. The van der Waals surface area contributed by atoms with Crippen molar-refractivity contribution in [3.63, 3.8) is 0 Å². The van der Waals surface area contributed by atoms with Crippen LogP contribution in [0.1, 0.15) is 32.4 Å². The van der Waals surface area contributed by atoms with Gasteiger partial charge in [-0.3, -0.25) is 4.79 Å². The molecule has 0 heterocycles. The number of alkyl halides is 2. The highest BCUT2D eigenvalue weighted by Gasteiger charge is 2.27. The van der Waals surface area contributed by atoms with Gasteiger partial charge in [0.2, 0.25) is 5.91 Å². The van der Waals surface area contributed by atoms with Crippen LogP contribution in [0.2, 0.25) is 0 Å². The second-order valence-corrected chi connectivity index (χ2v) is 5.20. The van der Waals surface area contributed by atoms with E-state index in [0.717, 1.165) is 0 Å². The fraction of sp³-hybridized carbons (Fsp3) is 0.500. The lowest BCUT2D eigenvalue weighted by Gasteiger charge is -2.25. The van der Waals surface area contributed by atoms with Crippen LogP contribution < -0.4 is 15.8 Å². The molecule has 0 aliphatic heterocycles. The Bertz CT molecular complexity index is 464. The van der Waals surface area contributed by atoms with Gasteiger partial charge in [-0.2, -0.15) is 8.78 Å². The summed E-state index contributed by atoms with van der Waals surface area (Å²) in [6, 6.07) is 5.92. The van der Waals surface area contributed by atoms with E-state index >= 15 is 0 Å². The molecule has 0 aromatic heterocycles. The minimum absolute atomic E-state index is 0.0563. The maximum absolute atomic E-state index is 12.3. The Hall–Kier alpha value is -1.69. The van der Waals surface area contributed by atoms with Crippen LogP contribution in [0.5, 0.6) is 5.75 Å². The maximum Gasteiger partial charge on any atom is 0.387 e. The molecule has 20 heavy (non-hydrogen) atoms. The number of carbonyl (C=O) groups excluding carboxylic acids is 1. The molecule has 1 aromatic rings. The molecular weight excluding hydrogens is 266 g/mol. The van der Waals surface area contributed by atoms with E-state index in [1.54, 1.807) is 39.0 Å². The summed E-state index contributed by atoms with van der Waals surface area (Å²) in [5.74, 6) is -0.180. The Morgan fingerprint density at radius 1 is 1.40 bits per heavy atom. The van der Waals surface area contributed by atoms with Crippen LogP contribution in [0.3, 0.4) is 0 Å². The second kappa shape index (κ2) is 6.65. The van der Waals surface area contributed by atoms with Crippen molar-refractivity contribution in [3.05, 3.63) is 29.8 Å². The lowest BCUT2D eigenvalue weighted by Crippen LogP contribution is -2.42. The van der Waals surface area contributed by atoms with Gasteiger partial charge in [0.15, 0.2) is 0 Å². The molecule has 0 aliphatic rings. The second-order valence-electron chi connectivity index (χ2n) is 5.20. The Morgan fingerprint density at radius 3 is 2.55 bits per heavy atom. The van der Waals surface area contributed by atoms with E-state index in [1.807, 2.05) is 0 Å². The van der Waals surface area contributed by atoms with Gasteiger partial charge in [0.25, 0.3) is 0 Å². The fourth-order valence-corrected chi connectivity index (χ4v) is 1.60. The number of hydrogen-bond donors (Lipinski definition) is 2. The Morgan fingerprint density at radius 2 is 2.00 bits per heavy atom. The van der Waals surface area contributed by atoms with E-state index in [-0.39, 0.29) is 18.2 Å². The van der Waals surface area contributed by atoms with E-state index in [2.05, 4.69) is 10.1 Å². The highest BCUT2D eigenvalue weighted by Crippen LogP contribution is 2.27. The standard InChI is InChI=1S/C14H20F2N2O2/c1-9(18-12(19)14(2,3)8-17)10-6-4-5-7-11(10)20-13(15)16/h4-7,9,13H,8,17H2,1-3H3,(H,18,19). The first kappa shape index (κ1) is 16.4. The number of carbonyl (C=O) groups is 1. The first-order chi connectivity index (χ1) is 9.27. The van der Waals surface area contributed by atoms with E-state index < -0.39 is 18.1 Å². The van der Waals surface area contributed by atoms with E-state index in [4.69, 9.17) is 5.73 Å². The first-order valence-electron chi connectivity index (χ1n) is 6.32. The van der Waals surface area contributed by atoms with Gasteiger partial charge in [-0.05, 0) is 26.8 Å². The summed E-state index contributed by atoms with van der Waals surface area (Å²) in [6.07, 6.45) is 0. The molecule has 0 saturated heterocycles. The molecule has 1 unspecified atom stereocenters. The third-order valence-corrected chi connectivity index (χ3v) is 3.07. The van der Waals surface area contributed by atoms with Crippen LogP contribution in [0.15, 0.2) is 24.3 Å². The molecule has 0 radical (unpaired) electrons. The smallest absolute Gasteiger partial charge is 0.387 e. The third kappa shape index (κ3) is 4.16. The molecule has 1 rings (SSSR count). The quantitative estimate of drug-likeness (QED) is 0.844. The minimum Gasteiger partial charge on any atom is -0.434 e. The van der Waals surface area contributed by atoms with Crippen LogP contribution >= 0.6 is 0 Å². The predicted octanol–water partition coefficient (Wildman–Crippen LogP) is 2.45. The number of ether oxygens (including phenoxy) is 1. The zero-order valence-corrected chi connectivity index (χ0v) is 11.8. The van der Waals surface area contributed by atoms with Crippen LogP contribution in [-0.2, 0) is 4.79 Å². The normalized spacial score (nSPS) is 13.2. The number of amides is 1. The summed E-state index contributed by atoms with van der Waals surface area (Å²) in [4.78, 5) is 12.0. The number of nitrogens with two attached hydrogens (primary N) is 1. The van der Waals surface area contributed by atoms with Crippen molar-refractivity contribution in [2.45, 2.75) is 33.4 Å². The van der Waals surface area contributed by atoms with Crippen LogP contribution in [0, 0.1) is 5.41 Å². The number of benzene rings is 1. The van der Waals surface area contributed by atoms with Crippen LogP contribution in [0.25, 0.3) is 0 Å².